The topological polar surface area (TPSA) is 56.7 Å². The number of benzene rings is 1. The average Bonchev–Trinajstić information content (AvgIpc) is 3.06. The molecule has 0 saturated heterocycles. The summed E-state index contributed by atoms with van der Waals surface area (Å²) in [5.74, 6) is 1.06. The molecule has 1 aromatic rings. The van der Waals surface area contributed by atoms with Crippen LogP contribution in [0.2, 0.25) is 0 Å². The number of nitrogens with one attached hydrogen (secondary N) is 2. The van der Waals surface area contributed by atoms with E-state index < -0.39 is 0 Å². The summed E-state index contributed by atoms with van der Waals surface area (Å²) in [6.45, 7) is 8.17. The minimum absolute atomic E-state index is 0.105. The molecule has 0 aliphatic carbocycles. The van der Waals surface area contributed by atoms with E-state index in [1.165, 1.54) is 0 Å². The van der Waals surface area contributed by atoms with Gasteiger partial charge < -0.3 is 15.5 Å². The number of carbonyl (C=O) groups is 1. The fraction of sp³-hybridized carbons (Fsp3) is 0.529. The number of nitrogens with zero attached hydrogens (tertiary/aromatic N) is 2. The second-order valence-electron chi connectivity index (χ2n) is 5.45. The van der Waals surface area contributed by atoms with Gasteiger partial charge in [-0.05, 0) is 25.0 Å². The largest absolute Gasteiger partial charge is 0.377 e. The Hall–Kier alpha value is -2.04. The molecular weight excluding hydrogens is 276 g/mol. The zero-order chi connectivity index (χ0) is 15.8. The van der Waals surface area contributed by atoms with Crippen molar-refractivity contribution in [1.82, 2.24) is 10.2 Å². The van der Waals surface area contributed by atoms with E-state index in [0.29, 0.717) is 6.54 Å². The first kappa shape index (κ1) is 16.3. The summed E-state index contributed by atoms with van der Waals surface area (Å²) >= 11 is 0. The van der Waals surface area contributed by atoms with Crippen LogP contribution < -0.4 is 10.6 Å². The molecule has 1 aliphatic heterocycles. The Morgan fingerprint density at radius 1 is 1.27 bits per heavy atom. The van der Waals surface area contributed by atoms with E-state index in [4.69, 9.17) is 0 Å². The number of hydrogen-bond donors (Lipinski definition) is 2. The lowest BCUT2D eigenvalue weighted by Crippen LogP contribution is -2.33. The maximum absolute atomic E-state index is 12.8. The Labute approximate surface area is 132 Å². The van der Waals surface area contributed by atoms with E-state index >= 15 is 0 Å². The summed E-state index contributed by atoms with van der Waals surface area (Å²) in [5, 5.41) is 6.57. The molecule has 22 heavy (non-hydrogen) atoms. The summed E-state index contributed by atoms with van der Waals surface area (Å²) in [7, 11) is 0. The summed E-state index contributed by atoms with van der Waals surface area (Å²) in [6.07, 6.45) is 1.95. The molecule has 1 aromatic carbocycles. The van der Waals surface area contributed by atoms with Crippen LogP contribution in [0.1, 0.15) is 37.0 Å². The molecule has 120 valence electrons. The van der Waals surface area contributed by atoms with Crippen molar-refractivity contribution in [3.8, 4) is 0 Å². The van der Waals surface area contributed by atoms with Crippen molar-refractivity contribution in [1.29, 1.82) is 0 Å². The quantitative estimate of drug-likeness (QED) is 0.775. The van der Waals surface area contributed by atoms with Crippen LogP contribution in [0.5, 0.6) is 0 Å². The second kappa shape index (κ2) is 8.41. The van der Waals surface area contributed by atoms with Gasteiger partial charge in [-0.25, -0.2) is 0 Å². The van der Waals surface area contributed by atoms with Gasteiger partial charge in [0.1, 0.15) is 5.84 Å². The third-order valence-corrected chi connectivity index (χ3v) is 3.62. The van der Waals surface area contributed by atoms with E-state index in [2.05, 4.69) is 29.5 Å². The van der Waals surface area contributed by atoms with Crippen molar-refractivity contribution in [2.45, 2.75) is 26.7 Å². The van der Waals surface area contributed by atoms with Crippen LogP contribution in [0.15, 0.2) is 29.3 Å². The van der Waals surface area contributed by atoms with Crippen molar-refractivity contribution in [3.05, 3.63) is 29.8 Å². The maximum atomic E-state index is 12.8. The Kier molecular flexibility index (Phi) is 6.25. The van der Waals surface area contributed by atoms with Crippen molar-refractivity contribution >= 4 is 17.4 Å². The van der Waals surface area contributed by atoms with Crippen molar-refractivity contribution in [2.75, 3.05) is 38.0 Å². The van der Waals surface area contributed by atoms with Gasteiger partial charge in [0.25, 0.3) is 5.91 Å². The molecule has 0 unspecified atom stereocenters. The Bertz CT molecular complexity index is 521. The first-order valence-electron chi connectivity index (χ1n) is 8.15. The van der Waals surface area contributed by atoms with E-state index in [9.17, 15) is 4.79 Å². The van der Waals surface area contributed by atoms with Crippen LogP contribution >= 0.6 is 0 Å². The molecule has 2 rings (SSSR count). The highest BCUT2D eigenvalue weighted by Gasteiger charge is 2.17. The van der Waals surface area contributed by atoms with Crippen LogP contribution in [0.3, 0.4) is 0 Å². The number of aliphatic imine (C=N–C) groups is 1. The molecule has 0 fully saturated rings. The van der Waals surface area contributed by atoms with E-state index in [0.717, 1.165) is 56.1 Å². The SMILES string of the molecule is CCCN(CCC)C(=O)c1ccccc1NCC1=NCCN1. The molecule has 0 atom stereocenters. The number of amides is 1. The zero-order valence-corrected chi connectivity index (χ0v) is 13.6. The molecule has 0 bridgehead atoms. The van der Waals surface area contributed by atoms with Gasteiger partial charge in [0, 0.05) is 25.3 Å². The standard InChI is InChI=1S/C17H26N4O/c1-3-11-21(12-4-2)17(22)14-7-5-6-8-15(14)20-13-16-18-9-10-19-16/h5-8,20H,3-4,9-13H2,1-2H3,(H,18,19). The lowest BCUT2D eigenvalue weighted by atomic mass is 10.1. The van der Waals surface area contributed by atoms with Gasteiger partial charge in [-0.2, -0.15) is 0 Å². The molecule has 1 amide bonds. The Balaban J connectivity index is 2.10. The number of carbonyl (C=O) groups excluding carboxylic acids is 1. The van der Waals surface area contributed by atoms with Gasteiger partial charge in [-0.15, -0.1) is 0 Å². The first-order chi connectivity index (χ1) is 10.8. The predicted molar refractivity (Wildman–Crippen MR) is 91.7 cm³/mol. The van der Waals surface area contributed by atoms with Gasteiger partial charge in [-0.3, -0.25) is 9.79 Å². The van der Waals surface area contributed by atoms with Crippen LogP contribution in [0.25, 0.3) is 0 Å². The Morgan fingerprint density at radius 2 is 2.00 bits per heavy atom. The minimum atomic E-state index is 0.105. The molecule has 0 radical (unpaired) electrons. The highest BCUT2D eigenvalue weighted by molar-refractivity contribution is 6.00. The van der Waals surface area contributed by atoms with E-state index in [1.54, 1.807) is 0 Å². The fourth-order valence-corrected chi connectivity index (χ4v) is 2.59. The summed E-state index contributed by atoms with van der Waals surface area (Å²) in [4.78, 5) is 19.1. The number of para-hydroxylation sites is 1. The van der Waals surface area contributed by atoms with Gasteiger partial charge >= 0.3 is 0 Å². The average molecular weight is 302 g/mol. The fourth-order valence-electron chi connectivity index (χ4n) is 2.59. The number of hydrogen-bond acceptors (Lipinski definition) is 4. The molecule has 1 heterocycles. The van der Waals surface area contributed by atoms with Gasteiger partial charge in [0.15, 0.2) is 0 Å². The van der Waals surface area contributed by atoms with Crippen molar-refractivity contribution in [3.63, 3.8) is 0 Å². The lowest BCUT2D eigenvalue weighted by molar-refractivity contribution is 0.0756. The van der Waals surface area contributed by atoms with E-state index in [-0.39, 0.29) is 5.91 Å². The number of rotatable bonds is 8. The lowest BCUT2D eigenvalue weighted by Gasteiger charge is -2.23. The summed E-state index contributed by atoms with van der Waals surface area (Å²) in [6, 6.07) is 7.72. The summed E-state index contributed by atoms with van der Waals surface area (Å²) < 4.78 is 0. The molecule has 0 saturated carbocycles. The number of amidine groups is 1. The van der Waals surface area contributed by atoms with Crippen LogP contribution in [0, 0.1) is 0 Å². The molecule has 1 aliphatic rings. The zero-order valence-electron chi connectivity index (χ0n) is 13.6. The molecule has 0 spiro atoms. The smallest absolute Gasteiger partial charge is 0.255 e. The molecular formula is C17H26N4O. The molecule has 2 N–H and O–H groups in total. The monoisotopic (exact) mass is 302 g/mol. The highest BCUT2D eigenvalue weighted by atomic mass is 16.2. The second-order valence-corrected chi connectivity index (χ2v) is 5.45. The minimum Gasteiger partial charge on any atom is -0.377 e. The normalized spacial score (nSPS) is 13.5. The third kappa shape index (κ3) is 4.23. The first-order valence-corrected chi connectivity index (χ1v) is 8.15. The third-order valence-electron chi connectivity index (χ3n) is 3.62. The van der Waals surface area contributed by atoms with Gasteiger partial charge in [0.2, 0.25) is 0 Å². The van der Waals surface area contributed by atoms with Gasteiger partial charge in [0.05, 0.1) is 18.7 Å². The summed E-state index contributed by atoms with van der Waals surface area (Å²) in [5.41, 5.74) is 1.61. The van der Waals surface area contributed by atoms with Crippen molar-refractivity contribution in [2.24, 2.45) is 4.99 Å². The maximum Gasteiger partial charge on any atom is 0.255 e. The molecule has 5 nitrogen and oxygen atoms in total. The highest BCUT2D eigenvalue weighted by Crippen LogP contribution is 2.17. The van der Waals surface area contributed by atoms with E-state index in [1.807, 2.05) is 29.2 Å². The molecule has 5 heteroatoms. The number of anilines is 1. The van der Waals surface area contributed by atoms with Crippen LogP contribution in [-0.4, -0.2) is 49.4 Å². The Morgan fingerprint density at radius 3 is 2.64 bits per heavy atom. The van der Waals surface area contributed by atoms with Gasteiger partial charge in [-0.1, -0.05) is 26.0 Å². The van der Waals surface area contributed by atoms with Crippen LogP contribution in [0.4, 0.5) is 5.69 Å². The molecule has 0 aromatic heterocycles. The van der Waals surface area contributed by atoms with Crippen LogP contribution in [-0.2, 0) is 0 Å². The van der Waals surface area contributed by atoms with Crippen molar-refractivity contribution < 1.29 is 4.79 Å². The predicted octanol–water partition coefficient (Wildman–Crippen LogP) is 2.36.